The number of benzene rings is 1. The Labute approximate surface area is 78.9 Å². The number of nitrogen functional groups attached to an aromatic ring is 2. The fourth-order valence-electron chi connectivity index (χ4n) is 0.825. The summed E-state index contributed by atoms with van der Waals surface area (Å²) in [7, 11) is 0. The van der Waals surface area contributed by atoms with Gasteiger partial charge in [-0.25, -0.2) is 0 Å². The Morgan fingerprint density at radius 3 is 2.50 bits per heavy atom. The van der Waals surface area contributed by atoms with Crippen LogP contribution in [0.3, 0.4) is 0 Å². The maximum Gasteiger partial charge on any atom is 0.173 e. The van der Waals surface area contributed by atoms with Crippen LogP contribution in [-0.2, 0) is 0 Å². The summed E-state index contributed by atoms with van der Waals surface area (Å²) in [5.41, 5.74) is 12.5. The van der Waals surface area contributed by atoms with Crippen LogP contribution in [0.15, 0.2) is 18.2 Å². The van der Waals surface area contributed by atoms with E-state index in [1.54, 1.807) is 18.2 Å². The number of alkyl halides is 1. The molecule has 0 fully saturated rings. The largest absolute Gasteiger partial charge is 0.397 e. The lowest BCUT2D eigenvalue weighted by atomic mass is 10.1. The summed E-state index contributed by atoms with van der Waals surface area (Å²) in [6, 6.07) is 4.87. The number of anilines is 2. The van der Waals surface area contributed by atoms with Gasteiger partial charge in [0.25, 0.3) is 0 Å². The van der Waals surface area contributed by atoms with Gasteiger partial charge in [-0.05, 0) is 18.2 Å². The molecule has 0 atom stereocenters. The van der Waals surface area contributed by atoms with Gasteiger partial charge in [-0.2, -0.15) is 0 Å². The average molecular weight is 229 g/mol. The second-order valence-corrected chi connectivity index (χ2v) is 2.96. The van der Waals surface area contributed by atoms with Gasteiger partial charge in [-0.15, -0.1) is 0 Å². The third kappa shape index (κ3) is 1.76. The molecule has 0 saturated carbocycles. The highest BCUT2D eigenvalue weighted by Gasteiger charge is 2.04. The van der Waals surface area contributed by atoms with E-state index in [1.165, 1.54) is 0 Å². The fraction of sp³-hybridized carbons (Fsp3) is 0.125. The van der Waals surface area contributed by atoms with Crippen LogP contribution in [0, 0.1) is 0 Å². The number of ketones is 1. The minimum absolute atomic E-state index is 0.00157. The highest BCUT2D eigenvalue weighted by atomic mass is 79.9. The van der Waals surface area contributed by atoms with E-state index >= 15 is 0 Å². The van der Waals surface area contributed by atoms with Crippen molar-refractivity contribution in [1.82, 2.24) is 0 Å². The first-order chi connectivity index (χ1) is 5.65. The maximum atomic E-state index is 11.1. The number of nitrogens with two attached hydrogens (primary N) is 2. The number of carbonyl (C=O) groups excluding carboxylic acids is 1. The number of carbonyl (C=O) groups is 1. The lowest BCUT2D eigenvalue weighted by Crippen LogP contribution is -2.02. The lowest BCUT2D eigenvalue weighted by Gasteiger charge is -2.01. The van der Waals surface area contributed by atoms with E-state index in [0.29, 0.717) is 22.3 Å². The van der Waals surface area contributed by atoms with Crippen LogP contribution in [0.5, 0.6) is 0 Å². The maximum absolute atomic E-state index is 11.1. The smallest absolute Gasteiger partial charge is 0.173 e. The van der Waals surface area contributed by atoms with Gasteiger partial charge in [-0.3, -0.25) is 4.79 Å². The normalized spacial score (nSPS) is 9.75. The molecule has 3 nitrogen and oxygen atoms in total. The Bertz CT molecular complexity index is 312. The van der Waals surface area contributed by atoms with Crippen LogP contribution in [-0.4, -0.2) is 11.1 Å². The fourth-order valence-corrected chi connectivity index (χ4v) is 1.15. The van der Waals surface area contributed by atoms with E-state index in [9.17, 15) is 4.79 Å². The monoisotopic (exact) mass is 228 g/mol. The predicted molar refractivity (Wildman–Crippen MR) is 53.4 cm³/mol. The quantitative estimate of drug-likeness (QED) is 0.457. The molecule has 4 heteroatoms. The van der Waals surface area contributed by atoms with Gasteiger partial charge in [0.1, 0.15) is 0 Å². The molecule has 0 amide bonds. The van der Waals surface area contributed by atoms with Gasteiger partial charge in [0, 0.05) is 5.56 Å². The Kier molecular flexibility index (Phi) is 2.70. The number of rotatable bonds is 2. The number of Topliss-reactive ketones (excluding diaryl/α,β-unsaturated/α-hetero) is 1. The molecule has 64 valence electrons. The number of hydrogen-bond acceptors (Lipinski definition) is 3. The second-order valence-electron chi connectivity index (χ2n) is 2.40. The van der Waals surface area contributed by atoms with E-state index in [1.807, 2.05) is 0 Å². The highest BCUT2D eigenvalue weighted by molar-refractivity contribution is 9.09. The lowest BCUT2D eigenvalue weighted by molar-refractivity contribution is 0.102. The first kappa shape index (κ1) is 9.06. The van der Waals surface area contributed by atoms with Crippen molar-refractivity contribution < 1.29 is 4.79 Å². The molecule has 0 unspecified atom stereocenters. The van der Waals surface area contributed by atoms with Crippen LogP contribution in [0.1, 0.15) is 10.4 Å². The zero-order chi connectivity index (χ0) is 9.14. The van der Waals surface area contributed by atoms with Crippen molar-refractivity contribution in [1.29, 1.82) is 0 Å². The molecular weight excluding hydrogens is 220 g/mol. The summed E-state index contributed by atoms with van der Waals surface area (Å²) in [4.78, 5) is 11.1. The third-order valence-electron chi connectivity index (χ3n) is 1.53. The van der Waals surface area contributed by atoms with Crippen LogP contribution < -0.4 is 11.5 Å². The molecule has 1 aromatic rings. The van der Waals surface area contributed by atoms with Crippen LogP contribution in [0.25, 0.3) is 0 Å². The average Bonchev–Trinajstić information content (AvgIpc) is 2.08. The van der Waals surface area contributed by atoms with Crippen LogP contribution >= 0.6 is 15.9 Å². The minimum atomic E-state index is 0.00157. The summed E-state index contributed by atoms with van der Waals surface area (Å²) in [5.74, 6) is 0.00157. The highest BCUT2D eigenvalue weighted by Crippen LogP contribution is 2.16. The molecule has 1 rings (SSSR count). The molecule has 0 radical (unpaired) electrons. The zero-order valence-corrected chi connectivity index (χ0v) is 7.97. The first-order valence-electron chi connectivity index (χ1n) is 3.39. The van der Waals surface area contributed by atoms with E-state index < -0.39 is 0 Å². The molecular formula is C8H9BrN2O. The van der Waals surface area contributed by atoms with Crippen molar-refractivity contribution in [3.63, 3.8) is 0 Å². The van der Waals surface area contributed by atoms with E-state index in [4.69, 9.17) is 11.5 Å². The summed E-state index contributed by atoms with van der Waals surface area (Å²) in [5, 5.41) is 0.302. The summed E-state index contributed by atoms with van der Waals surface area (Å²) < 4.78 is 0. The Hall–Kier alpha value is -1.03. The van der Waals surface area contributed by atoms with Crippen LogP contribution in [0.4, 0.5) is 11.4 Å². The van der Waals surface area contributed by atoms with Gasteiger partial charge in [0.2, 0.25) is 0 Å². The Balaban J connectivity index is 3.05. The first-order valence-corrected chi connectivity index (χ1v) is 4.51. The molecule has 0 aliphatic rings. The van der Waals surface area contributed by atoms with Gasteiger partial charge in [0.15, 0.2) is 5.78 Å². The van der Waals surface area contributed by atoms with E-state index in [0.717, 1.165) is 0 Å². The van der Waals surface area contributed by atoms with Crippen molar-refractivity contribution in [2.45, 2.75) is 0 Å². The van der Waals surface area contributed by atoms with Crippen molar-refractivity contribution in [3.8, 4) is 0 Å². The molecule has 0 aliphatic heterocycles. The van der Waals surface area contributed by atoms with Gasteiger partial charge < -0.3 is 11.5 Å². The molecule has 0 saturated heterocycles. The summed E-state index contributed by atoms with van der Waals surface area (Å²) >= 11 is 3.07. The predicted octanol–water partition coefficient (Wildman–Crippen LogP) is 1.43. The summed E-state index contributed by atoms with van der Waals surface area (Å²) in [6.07, 6.45) is 0. The Morgan fingerprint density at radius 2 is 2.00 bits per heavy atom. The van der Waals surface area contributed by atoms with Gasteiger partial charge in [-0.1, -0.05) is 15.9 Å². The second kappa shape index (κ2) is 3.58. The third-order valence-corrected chi connectivity index (χ3v) is 2.04. The van der Waals surface area contributed by atoms with Crippen LogP contribution in [0.2, 0.25) is 0 Å². The topological polar surface area (TPSA) is 69.1 Å². The molecule has 1 aromatic carbocycles. The zero-order valence-electron chi connectivity index (χ0n) is 6.38. The molecule has 4 N–H and O–H groups in total. The standard InChI is InChI=1S/C8H9BrN2O/c9-4-8(12)5-1-2-6(10)7(11)3-5/h1-3H,4,10-11H2. The van der Waals surface area contributed by atoms with Crippen molar-refractivity contribution >= 4 is 33.1 Å². The van der Waals surface area contributed by atoms with E-state index in [-0.39, 0.29) is 5.78 Å². The van der Waals surface area contributed by atoms with Crippen molar-refractivity contribution in [2.75, 3.05) is 16.8 Å². The molecule has 0 bridgehead atoms. The molecule has 0 spiro atoms. The molecule has 12 heavy (non-hydrogen) atoms. The molecule has 0 heterocycles. The van der Waals surface area contributed by atoms with Crippen molar-refractivity contribution in [3.05, 3.63) is 23.8 Å². The number of hydrogen-bond donors (Lipinski definition) is 2. The SMILES string of the molecule is Nc1ccc(C(=O)CBr)cc1N. The Morgan fingerprint density at radius 1 is 1.33 bits per heavy atom. The molecule has 0 aromatic heterocycles. The molecule has 0 aliphatic carbocycles. The summed E-state index contributed by atoms with van der Waals surface area (Å²) in [6.45, 7) is 0. The van der Waals surface area contributed by atoms with E-state index in [2.05, 4.69) is 15.9 Å². The number of halogens is 1. The van der Waals surface area contributed by atoms with Crippen molar-refractivity contribution in [2.24, 2.45) is 0 Å². The minimum Gasteiger partial charge on any atom is -0.397 e. The van der Waals surface area contributed by atoms with Gasteiger partial charge in [0.05, 0.1) is 16.7 Å². The van der Waals surface area contributed by atoms with Gasteiger partial charge >= 0.3 is 0 Å².